The zero-order valence-corrected chi connectivity index (χ0v) is 23.6. The molecule has 1 amide bonds. The second-order valence-corrected chi connectivity index (χ2v) is 13.8. The predicted octanol–water partition coefficient (Wildman–Crippen LogP) is 6.48. The van der Waals surface area contributed by atoms with Crippen LogP contribution in [-0.2, 0) is 4.74 Å². The van der Waals surface area contributed by atoms with Crippen LogP contribution in [0, 0.1) is 46.3 Å². The van der Waals surface area contributed by atoms with Gasteiger partial charge in [0, 0.05) is 13.0 Å². The molecule has 0 aliphatic heterocycles. The van der Waals surface area contributed by atoms with E-state index in [1.807, 2.05) is 0 Å². The first kappa shape index (κ1) is 28.0. The predicted molar refractivity (Wildman–Crippen MR) is 144 cm³/mol. The van der Waals surface area contributed by atoms with Crippen molar-refractivity contribution < 1.29 is 19.7 Å². The number of carbonyl (C=O) groups is 1. The highest BCUT2D eigenvalue weighted by Gasteiger charge is 2.59. The van der Waals surface area contributed by atoms with E-state index in [1.165, 1.54) is 56.9 Å². The molecule has 0 bridgehead atoms. The molecule has 4 rings (SSSR count). The van der Waals surface area contributed by atoms with Gasteiger partial charge in [-0.25, -0.2) is 4.79 Å². The van der Waals surface area contributed by atoms with Gasteiger partial charge >= 0.3 is 6.09 Å². The molecule has 3 fully saturated rings. The minimum absolute atomic E-state index is 0.0176. The Morgan fingerprint density at radius 3 is 2.61 bits per heavy atom. The molecule has 3 saturated carbocycles. The van der Waals surface area contributed by atoms with Gasteiger partial charge in [-0.3, -0.25) is 0 Å². The van der Waals surface area contributed by atoms with Crippen molar-refractivity contribution in [3.63, 3.8) is 0 Å². The van der Waals surface area contributed by atoms with Gasteiger partial charge in [0.1, 0.15) is 6.10 Å². The number of hydrogen-bond acceptors (Lipinski definition) is 4. The van der Waals surface area contributed by atoms with E-state index >= 15 is 0 Å². The zero-order chi connectivity index (χ0) is 26.1. The van der Waals surface area contributed by atoms with Gasteiger partial charge in [-0.05, 0) is 91.3 Å². The molecule has 4 aliphatic rings. The van der Waals surface area contributed by atoms with E-state index in [1.54, 1.807) is 0 Å². The highest BCUT2D eigenvalue weighted by molar-refractivity contribution is 5.67. The first-order valence-electron chi connectivity index (χ1n) is 15.0. The van der Waals surface area contributed by atoms with Crippen LogP contribution in [0.25, 0.3) is 0 Å². The van der Waals surface area contributed by atoms with E-state index in [4.69, 9.17) is 9.84 Å². The number of fused-ring (bicyclic) bond motifs is 5. The fourth-order valence-corrected chi connectivity index (χ4v) is 9.21. The van der Waals surface area contributed by atoms with Crippen molar-refractivity contribution in [2.45, 2.75) is 117 Å². The maximum Gasteiger partial charge on any atom is 0.407 e. The summed E-state index contributed by atoms with van der Waals surface area (Å²) in [4.78, 5) is 12.2. The third-order valence-corrected chi connectivity index (χ3v) is 11.2. The van der Waals surface area contributed by atoms with Crippen molar-refractivity contribution in [1.82, 2.24) is 5.32 Å². The second-order valence-electron chi connectivity index (χ2n) is 13.8. The molecule has 0 heterocycles. The van der Waals surface area contributed by atoms with E-state index in [0.717, 1.165) is 54.8 Å². The Morgan fingerprint density at radius 2 is 1.89 bits per heavy atom. The lowest BCUT2D eigenvalue weighted by Gasteiger charge is -2.58. The SMILES string of the molecule is CC(C)CCC[C@@H](C)[C@H]1CC[C@H]2[C@@H]3CC=C4C[C@@H](OC(=O)NCC(O)CO)CC[C@]4(C)[C@H]3CC[C@]12C. The standard InChI is InChI=1S/C31H53NO4/c1-20(2)7-6-8-21(3)26-11-12-27-25-10-9-22-17-24(36-29(35)32-18-23(34)19-33)13-15-30(22,4)28(25)14-16-31(26,27)5/h9,20-21,23-28,33-34H,6-8,10-19H2,1-5H3,(H,32,35)/t21-,23?,24+,25+,26-,27+,28+,30+,31-/m1/s1. The highest BCUT2D eigenvalue weighted by Crippen LogP contribution is 2.67. The van der Waals surface area contributed by atoms with Crippen LogP contribution >= 0.6 is 0 Å². The van der Waals surface area contributed by atoms with Crippen molar-refractivity contribution in [2.75, 3.05) is 13.2 Å². The number of aliphatic hydroxyl groups is 2. The third-order valence-electron chi connectivity index (χ3n) is 11.2. The van der Waals surface area contributed by atoms with Gasteiger partial charge in [-0.15, -0.1) is 0 Å². The summed E-state index contributed by atoms with van der Waals surface area (Å²) in [5.41, 5.74) is 2.27. The summed E-state index contributed by atoms with van der Waals surface area (Å²) < 4.78 is 5.71. The van der Waals surface area contributed by atoms with Gasteiger partial charge in [0.2, 0.25) is 0 Å². The lowest BCUT2D eigenvalue weighted by Crippen LogP contribution is -2.51. The number of hydrogen-bond donors (Lipinski definition) is 3. The molecular formula is C31H53NO4. The smallest absolute Gasteiger partial charge is 0.407 e. The van der Waals surface area contributed by atoms with Crippen LogP contribution in [0.4, 0.5) is 4.79 Å². The fraction of sp³-hybridized carbons (Fsp3) is 0.903. The number of carbonyl (C=O) groups excluding carboxylic acids is 1. The topological polar surface area (TPSA) is 78.8 Å². The quantitative estimate of drug-likeness (QED) is 0.315. The lowest BCUT2D eigenvalue weighted by molar-refractivity contribution is -0.0582. The molecule has 0 aromatic carbocycles. The van der Waals surface area contributed by atoms with Crippen LogP contribution < -0.4 is 5.32 Å². The van der Waals surface area contributed by atoms with Crippen LogP contribution in [-0.4, -0.2) is 41.7 Å². The number of nitrogens with one attached hydrogen (secondary N) is 1. The number of rotatable bonds is 9. The maximum atomic E-state index is 12.2. The molecule has 0 saturated heterocycles. The Kier molecular flexibility index (Phi) is 8.81. The van der Waals surface area contributed by atoms with Crippen LogP contribution in [0.1, 0.15) is 105 Å². The maximum absolute atomic E-state index is 12.2. The summed E-state index contributed by atoms with van der Waals surface area (Å²) in [5.74, 6) is 4.99. The van der Waals surface area contributed by atoms with Crippen molar-refractivity contribution in [1.29, 1.82) is 0 Å². The van der Waals surface area contributed by atoms with Crippen molar-refractivity contribution in [3.05, 3.63) is 11.6 Å². The van der Waals surface area contributed by atoms with E-state index in [0.29, 0.717) is 5.41 Å². The normalized spacial score (nSPS) is 39.4. The van der Waals surface area contributed by atoms with Crippen LogP contribution in [0.2, 0.25) is 0 Å². The Bertz CT molecular complexity index is 795. The number of alkyl carbamates (subject to hydrolysis) is 1. The summed E-state index contributed by atoms with van der Waals surface area (Å²) >= 11 is 0. The number of allylic oxidation sites excluding steroid dienone is 1. The molecule has 0 aromatic heterocycles. The molecule has 5 nitrogen and oxygen atoms in total. The van der Waals surface area contributed by atoms with Crippen molar-refractivity contribution in [3.8, 4) is 0 Å². The van der Waals surface area contributed by atoms with E-state index < -0.39 is 12.2 Å². The molecule has 0 radical (unpaired) electrons. The molecule has 0 spiro atoms. The number of amides is 1. The van der Waals surface area contributed by atoms with Gasteiger partial charge in [0.05, 0.1) is 12.7 Å². The number of ether oxygens (including phenoxy) is 1. The van der Waals surface area contributed by atoms with Crippen LogP contribution in [0.5, 0.6) is 0 Å². The average Bonchev–Trinajstić information content (AvgIpc) is 3.19. The monoisotopic (exact) mass is 503 g/mol. The van der Waals surface area contributed by atoms with Gasteiger partial charge < -0.3 is 20.3 Å². The van der Waals surface area contributed by atoms with Crippen LogP contribution in [0.15, 0.2) is 11.6 Å². The van der Waals surface area contributed by atoms with Gasteiger partial charge in [0.15, 0.2) is 0 Å². The molecule has 1 unspecified atom stereocenters. The van der Waals surface area contributed by atoms with Gasteiger partial charge in [-0.2, -0.15) is 0 Å². The largest absolute Gasteiger partial charge is 0.446 e. The van der Waals surface area contributed by atoms with E-state index in [2.05, 4.69) is 46.0 Å². The zero-order valence-electron chi connectivity index (χ0n) is 23.6. The molecule has 36 heavy (non-hydrogen) atoms. The van der Waals surface area contributed by atoms with Crippen LogP contribution in [0.3, 0.4) is 0 Å². The summed E-state index contributed by atoms with van der Waals surface area (Å²) in [6, 6.07) is 0. The fourth-order valence-electron chi connectivity index (χ4n) is 9.21. The minimum atomic E-state index is -0.944. The summed E-state index contributed by atoms with van der Waals surface area (Å²) in [6.45, 7) is 12.1. The molecule has 9 atom stereocenters. The average molecular weight is 504 g/mol. The molecule has 3 N–H and O–H groups in total. The Morgan fingerprint density at radius 1 is 1.11 bits per heavy atom. The molecule has 206 valence electrons. The molecule has 5 heteroatoms. The molecular weight excluding hydrogens is 450 g/mol. The summed E-state index contributed by atoms with van der Waals surface area (Å²) in [7, 11) is 0. The Hall–Kier alpha value is -1.07. The number of aliphatic hydroxyl groups excluding tert-OH is 2. The highest BCUT2D eigenvalue weighted by atomic mass is 16.6. The lowest BCUT2D eigenvalue weighted by atomic mass is 9.47. The third kappa shape index (κ3) is 5.53. The summed E-state index contributed by atoms with van der Waals surface area (Å²) in [5, 5.41) is 21.0. The first-order valence-corrected chi connectivity index (χ1v) is 15.0. The molecule has 0 aromatic rings. The van der Waals surface area contributed by atoms with E-state index in [9.17, 15) is 9.90 Å². The Labute approximate surface area is 219 Å². The van der Waals surface area contributed by atoms with Gasteiger partial charge in [0.25, 0.3) is 0 Å². The van der Waals surface area contributed by atoms with Crippen molar-refractivity contribution >= 4 is 6.09 Å². The minimum Gasteiger partial charge on any atom is -0.446 e. The first-order chi connectivity index (χ1) is 17.1. The Balaban J connectivity index is 1.38. The molecule has 4 aliphatic carbocycles. The van der Waals surface area contributed by atoms with Gasteiger partial charge in [-0.1, -0.05) is 65.5 Å². The summed E-state index contributed by atoms with van der Waals surface area (Å²) in [6.07, 6.45) is 14.8. The van der Waals surface area contributed by atoms with E-state index in [-0.39, 0.29) is 24.7 Å². The second kappa shape index (κ2) is 11.4. The van der Waals surface area contributed by atoms with Crippen molar-refractivity contribution in [2.24, 2.45) is 46.3 Å².